The Labute approximate surface area is 207 Å². The van der Waals surface area contributed by atoms with E-state index in [9.17, 15) is 14.9 Å². The monoisotopic (exact) mass is 474 g/mol. The van der Waals surface area contributed by atoms with Crippen molar-refractivity contribution >= 4 is 28.3 Å². The molecular weight excluding hydrogens is 452 g/mol. The highest BCUT2D eigenvalue weighted by Crippen LogP contribution is 2.32. The summed E-state index contributed by atoms with van der Waals surface area (Å²) in [5, 5.41) is 14.3. The van der Waals surface area contributed by atoms with E-state index in [1.807, 2.05) is 60.7 Å². The van der Waals surface area contributed by atoms with E-state index < -0.39 is 10.8 Å². The van der Waals surface area contributed by atoms with E-state index in [0.29, 0.717) is 27.9 Å². The molecule has 0 bridgehead atoms. The number of nitrogens with zero attached hydrogens (tertiary/aromatic N) is 3. The van der Waals surface area contributed by atoms with Gasteiger partial charge >= 0.3 is 0 Å². The third-order valence-corrected chi connectivity index (χ3v) is 5.92. The van der Waals surface area contributed by atoms with E-state index in [0.717, 1.165) is 22.4 Å². The van der Waals surface area contributed by atoms with Crippen LogP contribution in [-0.4, -0.2) is 20.8 Å². The van der Waals surface area contributed by atoms with Gasteiger partial charge in [-0.1, -0.05) is 66.7 Å². The lowest BCUT2D eigenvalue weighted by Gasteiger charge is -2.12. The number of nitro groups is 1. The van der Waals surface area contributed by atoms with Gasteiger partial charge in [0.1, 0.15) is 5.69 Å². The average Bonchev–Trinajstić information content (AvgIpc) is 2.89. The number of anilines is 1. The second-order valence-corrected chi connectivity index (χ2v) is 8.54. The number of carbonyl (C=O) groups is 1. The SMILES string of the molecule is Cc1cc(C)c(NC(=O)c2ccc3nc(-c4ccccc4)c(-c4ccccc4)nc3c2)c([N+](=O)[O-])c1. The number of aryl methyl sites for hydroxylation is 2. The topological polar surface area (TPSA) is 98.0 Å². The zero-order valence-corrected chi connectivity index (χ0v) is 19.7. The molecule has 0 radical (unpaired) electrons. The molecule has 176 valence electrons. The van der Waals surface area contributed by atoms with Crippen LogP contribution in [0.15, 0.2) is 91.0 Å². The molecule has 0 spiro atoms. The second-order valence-electron chi connectivity index (χ2n) is 8.54. The van der Waals surface area contributed by atoms with Crippen molar-refractivity contribution in [2.75, 3.05) is 5.32 Å². The van der Waals surface area contributed by atoms with Crippen LogP contribution < -0.4 is 5.32 Å². The predicted octanol–water partition coefficient (Wildman–Crippen LogP) is 6.74. The molecule has 0 saturated heterocycles. The van der Waals surface area contributed by atoms with Crippen molar-refractivity contribution in [3.05, 3.63) is 118 Å². The number of carbonyl (C=O) groups excluding carboxylic acids is 1. The van der Waals surface area contributed by atoms with Crippen LogP contribution in [0.2, 0.25) is 0 Å². The zero-order chi connectivity index (χ0) is 25.2. The van der Waals surface area contributed by atoms with Crippen LogP contribution in [0.3, 0.4) is 0 Å². The van der Waals surface area contributed by atoms with E-state index >= 15 is 0 Å². The summed E-state index contributed by atoms with van der Waals surface area (Å²) in [6.07, 6.45) is 0. The van der Waals surface area contributed by atoms with Crippen LogP contribution in [0, 0.1) is 24.0 Å². The Morgan fingerprint density at radius 3 is 1.94 bits per heavy atom. The molecule has 1 aromatic heterocycles. The van der Waals surface area contributed by atoms with Gasteiger partial charge in [-0.05, 0) is 43.2 Å². The normalized spacial score (nSPS) is 10.8. The molecule has 4 aromatic carbocycles. The number of hydrogen-bond acceptors (Lipinski definition) is 5. The lowest BCUT2D eigenvalue weighted by atomic mass is 10.0. The Hall–Kier alpha value is -4.91. The highest BCUT2D eigenvalue weighted by Gasteiger charge is 2.20. The minimum Gasteiger partial charge on any atom is -0.316 e. The molecular formula is C29H22N4O3. The van der Waals surface area contributed by atoms with Gasteiger partial charge in [0.25, 0.3) is 11.6 Å². The van der Waals surface area contributed by atoms with E-state index in [1.54, 1.807) is 38.1 Å². The number of aromatic nitrogens is 2. The molecule has 5 aromatic rings. The van der Waals surface area contributed by atoms with Gasteiger partial charge in [-0.2, -0.15) is 0 Å². The fourth-order valence-electron chi connectivity index (χ4n) is 4.23. The first-order valence-corrected chi connectivity index (χ1v) is 11.4. The fraction of sp³-hybridized carbons (Fsp3) is 0.0690. The van der Waals surface area contributed by atoms with E-state index in [4.69, 9.17) is 9.97 Å². The molecule has 1 heterocycles. The smallest absolute Gasteiger partial charge is 0.293 e. The van der Waals surface area contributed by atoms with E-state index in [-0.39, 0.29) is 11.4 Å². The summed E-state index contributed by atoms with van der Waals surface area (Å²) in [5.74, 6) is -0.456. The van der Waals surface area contributed by atoms with Crippen LogP contribution >= 0.6 is 0 Å². The van der Waals surface area contributed by atoms with Crippen LogP contribution in [0.4, 0.5) is 11.4 Å². The van der Waals surface area contributed by atoms with Crippen molar-refractivity contribution in [3.63, 3.8) is 0 Å². The molecule has 7 nitrogen and oxygen atoms in total. The molecule has 7 heteroatoms. The van der Waals surface area contributed by atoms with E-state index in [2.05, 4.69) is 5.32 Å². The maximum Gasteiger partial charge on any atom is 0.293 e. The standard InChI is InChI=1S/C29H22N4O3/c1-18-15-19(2)26(25(16-18)33(35)36)32-29(34)22-13-14-23-24(17-22)31-28(21-11-7-4-8-12-21)27(30-23)20-9-5-3-6-10-20/h3-17H,1-2H3,(H,32,34). The fourth-order valence-corrected chi connectivity index (χ4v) is 4.23. The molecule has 36 heavy (non-hydrogen) atoms. The Morgan fingerprint density at radius 1 is 0.778 bits per heavy atom. The Balaban J connectivity index is 1.59. The van der Waals surface area contributed by atoms with Crippen molar-refractivity contribution in [1.82, 2.24) is 9.97 Å². The highest BCUT2D eigenvalue weighted by molar-refractivity contribution is 6.07. The Bertz CT molecular complexity index is 1620. The molecule has 0 aliphatic rings. The summed E-state index contributed by atoms with van der Waals surface area (Å²) >= 11 is 0. The van der Waals surface area contributed by atoms with Gasteiger partial charge in [0.05, 0.1) is 27.3 Å². The Kier molecular flexibility index (Phi) is 5.96. The molecule has 1 N–H and O–H groups in total. The van der Waals surface area contributed by atoms with Gasteiger partial charge in [-0.3, -0.25) is 14.9 Å². The summed E-state index contributed by atoms with van der Waals surface area (Å²) in [5.41, 5.74) is 6.24. The number of fused-ring (bicyclic) bond motifs is 1. The average molecular weight is 475 g/mol. The van der Waals surface area contributed by atoms with Crippen LogP contribution in [-0.2, 0) is 0 Å². The summed E-state index contributed by atoms with van der Waals surface area (Å²) < 4.78 is 0. The lowest BCUT2D eigenvalue weighted by Crippen LogP contribution is -2.14. The largest absolute Gasteiger partial charge is 0.316 e. The minimum absolute atomic E-state index is 0.139. The predicted molar refractivity (Wildman–Crippen MR) is 141 cm³/mol. The van der Waals surface area contributed by atoms with Gasteiger partial charge in [0, 0.05) is 22.8 Å². The van der Waals surface area contributed by atoms with Gasteiger partial charge in [-0.25, -0.2) is 9.97 Å². The number of rotatable bonds is 5. The van der Waals surface area contributed by atoms with Crippen LogP contribution in [0.5, 0.6) is 0 Å². The van der Waals surface area contributed by atoms with E-state index in [1.165, 1.54) is 6.07 Å². The molecule has 5 rings (SSSR count). The molecule has 1 amide bonds. The Morgan fingerprint density at radius 2 is 1.36 bits per heavy atom. The van der Waals surface area contributed by atoms with Gasteiger partial charge in [0.2, 0.25) is 0 Å². The zero-order valence-electron chi connectivity index (χ0n) is 19.7. The van der Waals surface area contributed by atoms with Crippen LogP contribution in [0.1, 0.15) is 21.5 Å². The second kappa shape index (κ2) is 9.38. The minimum atomic E-state index is -0.487. The first-order chi connectivity index (χ1) is 17.4. The van der Waals surface area contributed by atoms with Crippen molar-refractivity contribution in [2.24, 2.45) is 0 Å². The third-order valence-electron chi connectivity index (χ3n) is 5.92. The lowest BCUT2D eigenvalue weighted by molar-refractivity contribution is -0.384. The third kappa shape index (κ3) is 4.42. The molecule has 0 unspecified atom stereocenters. The maximum atomic E-state index is 13.1. The first-order valence-electron chi connectivity index (χ1n) is 11.4. The summed E-state index contributed by atoms with van der Waals surface area (Å²) in [7, 11) is 0. The quantitative estimate of drug-likeness (QED) is 0.225. The van der Waals surface area contributed by atoms with Crippen molar-refractivity contribution < 1.29 is 9.72 Å². The number of benzene rings is 4. The van der Waals surface area contributed by atoms with Crippen LogP contribution in [0.25, 0.3) is 33.5 Å². The maximum absolute atomic E-state index is 13.1. The summed E-state index contributed by atoms with van der Waals surface area (Å²) in [6.45, 7) is 3.51. The van der Waals surface area contributed by atoms with Crippen molar-refractivity contribution in [2.45, 2.75) is 13.8 Å². The molecule has 0 atom stereocenters. The highest BCUT2D eigenvalue weighted by atomic mass is 16.6. The number of amides is 1. The first kappa shape index (κ1) is 22.9. The summed E-state index contributed by atoms with van der Waals surface area (Å²) in [6, 6.07) is 27.9. The van der Waals surface area contributed by atoms with Gasteiger partial charge in [-0.15, -0.1) is 0 Å². The van der Waals surface area contributed by atoms with Gasteiger partial charge < -0.3 is 5.32 Å². The molecule has 0 aliphatic carbocycles. The number of hydrogen-bond donors (Lipinski definition) is 1. The molecule has 0 saturated carbocycles. The van der Waals surface area contributed by atoms with Crippen molar-refractivity contribution in [3.8, 4) is 22.5 Å². The molecule has 0 aliphatic heterocycles. The number of nitro benzene ring substituents is 1. The number of nitrogens with one attached hydrogen (secondary N) is 1. The van der Waals surface area contributed by atoms with Gasteiger partial charge in [0.15, 0.2) is 0 Å². The van der Waals surface area contributed by atoms with Crippen molar-refractivity contribution in [1.29, 1.82) is 0 Å². The summed E-state index contributed by atoms with van der Waals surface area (Å²) in [4.78, 5) is 34.0. The molecule has 0 fully saturated rings.